The standard InChI is InChI=1S/C23H21N3O2/c27-22-13-7-5-11-18(22)21-14-19(17-10-4-6-12-20(17)25-21)23(28)26-24-15-16-8-2-1-3-9-16/h1-2,4-7,10-16,27H,3,8-9H2,(H,26,28)/b24-15+. The Morgan fingerprint density at radius 1 is 1.14 bits per heavy atom. The Morgan fingerprint density at radius 3 is 2.79 bits per heavy atom. The third-order valence-electron chi connectivity index (χ3n) is 4.90. The fourth-order valence-electron chi connectivity index (χ4n) is 3.41. The number of hydrazone groups is 1. The van der Waals surface area contributed by atoms with Gasteiger partial charge in [0.15, 0.2) is 0 Å². The molecule has 0 bridgehead atoms. The SMILES string of the molecule is O=C(N/N=C/C1CC=CCC1)c1cc(-c2ccccc2O)nc2ccccc12. The molecule has 1 aliphatic carbocycles. The van der Waals surface area contributed by atoms with Crippen molar-refractivity contribution >= 4 is 23.0 Å². The fraction of sp³-hybridized carbons (Fsp3) is 0.174. The molecule has 4 rings (SSSR count). The summed E-state index contributed by atoms with van der Waals surface area (Å²) in [6.07, 6.45) is 9.18. The molecule has 0 saturated carbocycles. The summed E-state index contributed by atoms with van der Waals surface area (Å²) in [7, 11) is 0. The van der Waals surface area contributed by atoms with Gasteiger partial charge in [-0.2, -0.15) is 5.10 Å². The van der Waals surface area contributed by atoms with E-state index in [1.807, 2.05) is 36.5 Å². The van der Waals surface area contributed by atoms with Gasteiger partial charge >= 0.3 is 0 Å². The monoisotopic (exact) mass is 371 g/mol. The molecule has 1 aliphatic rings. The lowest BCUT2D eigenvalue weighted by molar-refractivity contribution is 0.0956. The third-order valence-corrected chi connectivity index (χ3v) is 4.90. The number of aromatic nitrogens is 1. The van der Waals surface area contributed by atoms with E-state index in [4.69, 9.17) is 0 Å². The van der Waals surface area contributed by atoms with Crippen molar-refractivity contribution in [3.05, 3.63) is 72.3 Å². The number of hydrogen-bond donors (Lipinski definition) is 2. The van der Waals surface area contributed by atoms with Gasteiger partial charge in [0.1, 0.15) is 5.75 Å². The highest BCUT2D eigenvalue weighted by molar-refractivity contribution is 6.07. The normalized spacial score (nSPS) is 16.5. The maximum absolute atomic E-state index is 12.8. The minimum absolute atomic E-state index is 0.125. The Balaban J connectivity index is 1.67. The molecular weight excluding hydrogens is 350 g/mol. The van der Waals surface area contributed by atoms with E-state index in [2.05, 4.69) is 27.7 Å². The van der Waals surface area contributed by atoms with Crippen LogP contribution in [0.2, 0.25) is 0 Å². The molecule has 140 valence electrons. The van der Waals surface area contributed by atoms with E-state index >= 15 is 0 Å². The van der Waals surface area contributed by atoms with E-state index in [1.54, 1.807) is 24.3 Å². The number of rotatable bonds is 4. The maximum atomic E-state index is 12.8. The van der Waals surface area contributed by atoms with E-state index in [0.717, 1.165) is 24.6 Å². The zero-order valence-electron chi connectivity index (χ0n) is 15.4. The van der Waals surface area contributed by atoms with Crippen LogP contribution < -0.4 is 5.43 Å². The molecule has 2 N–H and O–H groups in total. The number of allylic oxidation sites excluding steroid dienone is 2. The highest BCUT2D eigenvalue weighted by Crippen LogP contribution is 2.30. The number of benzene rings is 2. The molecule has 1 unspecified atom stereocenters. The quantitative estimate of drug-likeness (QED) is 0.397. The summed E-state index contributed by atoms with van der Waals surface area (Å²) in [6.45, 7) is 0. The average molecular weight is 371 g/mol. The van der Waals surface area contributed by atoms with Crippen LogP contribution in [0.4, 0.5) is 0 Å². The fourth-order valence-corrected chi connectivity index (χ4v) is 3.41. The van der Waals surface area contributed by atoms with Gasteiger partial charge in [-0.25, -0.2) is 10.4 Å². The topological polar surface area (TPSA) is 74.6 Å². The number of phenolic OH excluding ortho intramolecular Hbond substituents is 1. The van der Waals surface area contributed by atoms with Crippen molar-refractivity contribution in [1.82, 2.24) is 10.4 Å². The van der Waals surface area contributed by atoms with Gasteiger partial charge in [0.2, 0.25) is 0 Å². The molecular formula is C23H21N3O2. The Kier molecular flexibility index (Phi) is 5.15. The zero-order chi connectivity index (χ0) is 19.3. The molecule has 1 atom stereocenters. The summed E-state index contributed by atoms with van der Waals surface area (Å²) < 4.78 is 0. The number of fused-ring (bicyclic) bond motifs is 1. The first-order chi connectivity index (χ1) is 13.7. The Morgan fingerprint density at radius 2 is 1.96 bits per heavy atom. The first-order valence-corrected chi connectivity index (χ1v) is 9.39. The minimum atomic E-state index is -0.294. The number of pyridine rings is 1. The first-order valence-electron chi connectivity index (χ1n) is 9.39. The van der Waals surface area contributed by atoms with Gasteiger partial charge in [0, 0.05) is 17.2 Å². The van der Waals surface area contributed by atoms with Crippen LogP contribution in [-0.2, 0) is 0 Å². The van der Waals surface area contributed by atoms with Crippen molar-refractivity contribution in [3.63, 3.8) is 0 Å². The lowest BCUT2D eigenvalue weighted by atomic mass is 9.96. The molecule has 28 heavy (non-hydrogen) atoms. The van der Waals surface area contributed by atoms with Gasteiger partial charge in [-0.05, 0) is 49.4 Å². The van der Waals surface area contributed by atoms with E-state index in [9.17, 15) is 9.90 Å². The molecule has 0 fully saturated rings. The maximum Gasteiger partial charge on any atom is 0.272 e. The number of aromatic hydroxyl groups is 1. The second-order valence-corrected chi connectivity index (χ2v) is 6.85. The summed E-state index contributed by atoms with van der Waals surface area (Å²) in [4.78, 5) is 17.5. The lowest BCUT2D eigenvalue weighted by Gasteiger charge is -2.12. The van der Waals surface area contributed by atoms with Crippen LogP contribution in [0.1, 0.15) is 29.6 Å². The van der Waals surface area contributed by atoms with E-state index in [0.29, 0.717) is 28.3 Å². The number of carbonyl (C=O) groups is 1. The zero-order valence-corrected chi connectivity index (χ0v) is 15.4. The van der Waals surface area contributed by atoms with Gasteiger partial charge in [0.05, 0.1) is 16.8 Å². The van der Waals surface area contributed by atoms with Crippen LogP contribution in [0, 0.1) is 5.92 Å². The molecule has 0 saturated heterocycles. The van der Waals surface area contributed by atoms with Crippen LogP contribution in [0.25, 0.3) is 22.2 Å². The first kappa shape index (κ1) is 17.9. The molecule has 0 aliphatic heterocycles. The molecule has 5 nitrogen and oxygen atoms in total. The number of phenols is 1. The van der Waals surface area contributed by atoms with Crippen molar-refractivity contribution in [1.29, 1.82) is 0 Å². The highest BCUT2D eigenvalue weighted by Gasteiger charge is 2.15. The number of hydrogen-bond acceptors (Lipinski definition) is 4. The number of para-hydroxylation sites is 2. The van der Waals surface area contributed by atoms with E-state index in [-0.39, 0.29) is 11.7 Å². The molecule has 0 spiro atoms. The van der Waals surface area contributed by atoms with Crippen LogP contribution in [0.15, 0.2) is 71.9 Å². The van der Waals surface area contributed by atoms with Crippen molar-refractivity contribution < 1.29 is 9.90 Å². The van der Waals surface area contributed by atoms with Crippen molar-refractivity contribution in [2.45, 2.75) is 19.3 Å². The van der Waals surface area contributed by atoms with Gasteiger partial charge in [-0.1, -0.05) is 42.5 Å². The van der Waals surface area contributed by atoms with Crippen LogP contribution >= 0.6 is 0 Å². The van der Waals surface area contributed by atoms with E-state index in [1.165, 1.54) is 0 Å². The second-order valence-electron chi connectivity index (χ2n) is 6.85. The summed E-state index contributed by atoms with van der Waals surface area (Å²) in [5.74, 6) is 0.189. The van der Waals surface area contributed by atoms with Gasteiger partial charge < -0.3 is 5.11 Å². The van der Waals surface area contributed by atoms with Gasteiger partial charge in [0.25, 0.3) is 5.91 Å². The Labute approximate surface area is 163 Å². The average Bonchev–Trinajstić information content (AvgIpc) is 2.74. The van der Waals surface area contributed by atoms with Crippen LogP contribution in [0.5, 0.6) is 5.75 Å². The number of nitrogens with one attached hydrogen (secondary N) is 1. The largest absolute Gasteiger partial charge is 0.507 e. The Hall–Kier alpha value is -3.47. The predicted molar refractivity (Wildman–Crippen MR) is 111 cm³/mol. The molecule has 3 aromatic rings. The van der Waals surface area contributed by atoms with Crippen molar-refractivity contribution in [2.24, 2.45) is 11.0 Å². The van der Waals surface area contributed by atoms with Crippen molar-refractivity contribution in [2.75, 3.05) is 0 Å². The summed E-state index contributed by atoms with van der Waals surface area (Å²) in [5, 5.41) is 15.1. The minimum Gasteiger partial charge on any atom is -0.507 e. The lowest BCUT2D eigenvalue weighted by Crippen LogP contribution is -2.19. The molecule has 5 heteroatoms. The molecule has 0 radical (unpaired) electrons. The Bertz CT molecular complexity index is 1070. The summed E-state index contributed by atoms with van der Waals surface area (Å²) in [6, 6.07) is 16.1. The van der Waals surface area contributed by atoms with Crippen LogP contribution in [-0.4, -0.2) is 22.2 Å². The molecule has 1 amide bonds. The third kappa shape index (κ3) is 3.78. The molecule has 1 heterocycles. The predicted octanol–water partition coefficient (Wildman–Crippen LogP) is 4.68. The number of carbonyl (C=O) groups excluding carboxylic acids is 1. The van der Waals surface area contributed by atoms with Crippen LogP contribution in [0.3, 0.4) is 0 Å². The second kappa shape index (κ2) is 8.05. The summed E-state index contributed by atoms with van der Waals surface area (Å²) in [5.41, 5.74) is 4.94. The molecule has 1 aromatic heterocycles. The smallest absolute Gasteiger partial charge is 0.272 e. The molecule has 2 aromatic carbocycles. The summed E-state index contributed by atoms with van der Waals surface area (Å²) >= 11 is 0. The van der Waals surface area contributed by atoms with E-state index < -0.39 is 0 Å². The van der Waals surface area contributed by atoms with Crippen molar-refractivity contribution in [3.8, 4) is 17.0 Å². The number of nitrogens with zero attached hydrogens (tertiary/aromatic N) is 2. The van der Waals surface area contributed by atoms with Gasteiger partial charge in [-0.15, -0.1) is 0 Å². The van der Waals surface area contributed by atoms with Gasteiger partial charge in [-0.3, -0.25) is 4.79 Å². The highest BCUT2D eigenvalue weighted by atomic mass is 16.3. The number of amides is 1.